The zero-order valence-corrected chi connectivity index (χ0v) is 23.7. The minimum Gasteiger partial charge on any atom is -0.0942 e. The lowest BCUT2D eigenvalue weighted by Crippen LogP contribution is -2.32. The molecule has 0 aromatic rings. The molecule has 0 aromatic carbocycles. The first-order valence-electron chi connectivity index (χ1n) is 10.5. The van der Waals surface area contributed by atoms with Gasteiger partial charge in [-0.2, -0.15) is 0 Å². The summed E-state index contributed by atoms with van der Waals surface area (Å²) in [4.78, 5) is 0. The van der Waals surface area contributed by atoms with Gasteiger partial charge in [0.05, 0.1) is 0 Å². The molecule has 26 heavy (non-hydrogen) atoms. The van der Waals surface area contributed by atoms with Crippen LogP contribution in [0.2, 0.25) is 0 Å². The maximum atomic E-state index is 2.59. The van der Waals surface area contributed by atoms with E-state index in [0.717, 1.165) is 11.2 Å². The first-order chi connectivity index (χ1) is 12.1. The molecule has 1 unspecified atom stereocenters. The molecule has 0 N–H and O–H groups in total. The van der Waals surface area contributed by atoms with Gasteiger partial charge in [-0.05, 0) is 25.2 Å². The molecule has 0 aliphatic rings. The zero-order valence-electron chi connectivity index (χ0n) is 18.8. The highest BCUT2D eigenvalue weighted by molar-refractivity contribution is 9.97. The van der Waals surface area contributed by atoms with E-state index in [4.69, 9.17) is 0 Å². The summed E-state index contributed by atoms with van der Waals surface area (Å²) in [7, 11) is 12.0. The van der Waals surface area contributed by atoms with Crippen LogP contribution >= 0.6 is 57.4 Å². The van der Waals surface area contributed by atoms with Gasteiger partial charge in [0.1, 0.15) is 0 Å². The Morgan fingerprint density at radius 3 is 1.77 bits per heavy atom. The Bertz CT molecular complexity index is 402. The second kappa shape index (κ2) is 12.1. The van der Waals surface area contributed by atoms with Crippen LogP contribution in [-0.2, 0) is 0 Å². The molecule has 162 valence electrons. The maximum Gasteiger partial charge on any atom is 0.0120 e. The van der Waals surface area contributed by atoms with Gasteiger partial charge in [-0.3, -0.25) is 0 Å². The van der Waals surface area contributed by atoms with Crippen molar-refractivity contribution in [1.82, 2.24) is 0 Å². The van der Waals surface area contributed by atoms with E-state index in [1.807, 2.05) is 0 Å². The van der Waals surface area contributed by atoms with Crippen molar-refractivity contribution in [3.63, 3.8) is 0 Å². The molecule has 0 radical (unpaired) electrons. The fourth-order valence-electron chi connectivity index (χ4n) is 2.84. The highest BCUT2D eigenvalue weighted by Crippen LogP contribution is 3.24. The minimum atomic E-state index is -2.57. The van der Waals surface area contributed by atoms with Crippen LogP contribution in [0.3, 0.4) is 0 Å². The molecular weight excluding hydrogens is 433 g/mol. The number of hydrogen-bond acceptors (Lipinski definition) is 5. The predicted octanol–water partition coefficient (Wildman–Crippen LogP) is 10.2. The molecule has 0 rings (SSSR count). The highest BCUT2D eigenvalue weighted by atomic mass is 34.4. The van der Waals surface area contributed by atoms with Crippen LogP contribution in [0.1, 0.15) is 88.0 Å². The molecule has 0 aliphatic carbocycles. The molecule has 6 heteroatoms. The SMILES string of the molecule is CCCCSS(SCC)(SCCC)(SCC(C)C)(SC(C)C)C(C)CC. The Kier molecular flexibility index (Phi) is 13.1. The van der Waals surface area contributed by atoms with E-state index in [0.29, 0.717) is 5.25 Å². The Labute approximate surface area is 183 Å². The van der Waals surface area contributed by atoms with Gasteiger partial charge in [0, 0.05) is 33.5 Å². The first kappa shape index (κ1) is 28.1. The third kappa shape index (κ3) is 6.55. The normalized spacial score (nSPS) is 16.7. The van der Waals surface area contributed by atoms with Gasteiger partial charge in [0.15, 0.2) is 0 Å². The molecule has 1 atom stereocenters. The molecule has 0 spiro atoms. The number of hydrogen-bond donors (Lipinski definition) is 0. The Hall–Kier alpha value is 2.10. The van der Waals surface area contributed by atoms with Crippen LogP contribution in [0.4, 0.5) is 0 Å². The second-order valence-corrected chi connectivity index (χ2v) is 37.2. The summed E-state index contributed by atoms with van der Waals surface area (Å²) in [5.74, 6) is 5.87. The molecule has 0 heterocycles. The molecule has 0 saturated carbocycles. The van der Waals surface area contributed by atoms with Crippen molar-refractivity contribution >= 4 is 57.4 Å². The van der Waals surface area contributed by atoms with Crippen LogP contribution in [0.5, 0.6) is 0 Å². The quantitative estimate of drug-likeness (QED) is 0.159. The standard InChI is InChI=1S/C20H46S6/c1-10-14-16-23-26(21-13-4,20(9)12-3,22-15-11-2,25-19(7)8)24-17-18(5)6/h18-20H,10-17H2,1-9H3. The van der Waals surface area contributed by atoms with Gasteiger partial charge >= 0.3 is 0 Å². The Balaban J connectivity index is 6.62. The summed E-state index contributed by atoms with van der Waals surface area (Å²) >= 11 is 0. The lowest BCUT2D eigenvalue weighted by molar-refractivity contribution is 0.752. The molecule has 0 nitrogen and oxygen atoms in total. The molecule has 0 bridgehead atoms. The second-order valence-electron chi connectivity index (χ2n) is 7.61. The Morgan fingerprint density at radius 1 is 0.731 bits per heavy atom. The van der Waals surface area contributed by atoms with Crippen LogP contribution in [0.25, 0.3) is 0 Å². The van der Waals surface area contributed by atoms with Gasteiger partial charge in [0.25, 0.3) is 0 Å². The monoisotopic (exact) mass is 478 g/mol. The van der Waals surface area contributed by atoms with Crippen molar-refractivity contribution in [3.8, 4) is 0 Å². The largest absolute Gasteiger partial charge is 0.0942 e. The fourth-order valence-corrected chi connectivity index (χ4v) is 46.4. The van der Waals surface area contributed by atoms with Crippen LogP contribution < -0.4 is 0 Å². The van der Waals surface area contributed by atoms with Crippen molar-refractivity contribution in [1.29, 1.82) is 0 Å². The van der Waals surface area contributed by atoms with Crippen molar-refractivity contribution in [2.45, 2.75) is 98.5 Å². The average Bonchev–Trinajstić information content (AvgIpc) is 2.58. The van der Waals surface area contributed by atoms with Gasteiger partial charge < -0.3 is 0 Å². The van der Waals surface area contributed by atoms with Gasteiger partial charge in [-0.15, -0.1) is 0 Å². The molecule has 0 fully saturated rings. The van der Waals surface area contributed by atoms with Crippen molar-refractivity contribution in [2.24, 2.45) is 5.92 Å². The average molecular weight is 479 g/mol. The topological polar surface area (TPSA) is 0 Å². The first-order valence-corrected chi connectivity index (χ1v) is 20.4. The lowest BCUT2D eigenvalue weighted by atomic mass is 10.3. The van der Waals surface area contributed by atoms with Crippen LogP contribution in [0, 0.1) is 5.92 Å². The third-order valence-electron chi connectivity index (χ3n) is 4.23. The molecular formula is C20H46S6. The molecule has 0 aromatic heterocycles. The molecule has 0 aliphatic heterocycles. The van der Waals surface area contributed by atoms with Crippen LogP contribution in [0.15, 0.2) is 0 Å². The van der Waals surface area contributed by atoms with E-state index < -0.39 is 3.45 Å². The van der Waals surface area contributed by atoms with Crippen molar-refractivity contribution < 1.29 is 0 Å². The van der Waals surface area contributed by atoms with Gasteiger partial charge in [-0.1, -0.05) is 126 Å². The van der Waals surface area contributed by atoms with Crippen molar-refractivity contribution in [2.75, 3.05) is 23.0 Å². The maximum absolute atomic E-state index is 2.59. The lowest BCUT2D eigenvalue weighted by Gasteiger charge is -2.79. The summed E-state index contributed by atoms with van der Waals surface area (Å²) in [6.45, 7) is 21.8. The summed E-state index contributed by atoms with van der Waals surface area (Å²) in [5, 5.41) is 1.41. The molecule has 0 saturated heterocycles. The Morgan fingerprint density at radius 2 is 1.35 bits per heavy atom. The summed E-state index contributed by atoms with van der Waals surface area (Å²) in [6, 6.07) is 0. The summed E-state index contributed by atoms with van der Waals surface area (Å²) in [6.07, 6.45) is 5.21. The number of unbranched alkanes of at least 4 members (excludes halogenated alkanes) is 1. The summed E-state index contributed by atoms with van der Waals surface area (Å²) in [5.41, 5.74) is 0. The van der Waals surface area contributed by atoms with Gasteiger partial charge in [-0.25, -0.2) is 0 Å². The van der Waals surface area contributed by atoms with E-state index in [2.05, 4.69) is 116 Å². The minimum absolute atomic E-state index is 0.669. The third-order valence-corrected chi connectivity index (χ3v) is 43.6. The van der Waals surface area contributed by atoms with Gasteiger partial charge in [0.2, 0.25) is 0 Å². The fraction of sp³-hybridized carbons (Fsp3) is 1.00. The number of rotatable bonds is 16. The van der Waals surface area contributed by atoms with E-state index >= 15 is 0 Å². The van der Waals surface area contributed by atoms with E-state index in [1.165, 1.54) is 48.7 Å². The smallest absolute Gasteiger partial charge is 0.0120 e. The van der Waals surface area contributed by atoms with E-state index in [1.54, 1.807) is 0 Å². The van der Waals surface area contributed by atoms with Crippen LogP contribution in [-0.4, -0.2) is 33.5 Å². The van der Waals surface area contributed by atoms with E-state index in [9.17, 15) is 0 Å². The zero-order chi connectivity index (χ0) is 20.3. The highest BCUT2D eigenvalue weighted by Gasteiger charge is 2.66. The van der Waals surface area contributed by atoms with E-state index in [-0.39, 0.29) is 0 Å². The summed E-state index contributed by atoms with van der Waals surface area (Å²) < 4.78 is -2.57. The van der Waals surface area contributed by atoms with Crippen molar-refractivity contribution in [3.05, 3.63) is 0 Å². The molecule has 0 amide bonds. The predicted molar refractivity (Wildman–Crippen MR) is 146 cm³/mol.